The number of hydrogen-bond acceptors (Lipinski definition) is 2. The average molecular weight is 398 g/mol. The van der Waals surface area contributed by atoms with Crippen molar-refractivity contribution >= 4 is 40.6 Å². The van der Waals surface area contributed by atoms with Crippen molar-refractivity contribution in [1.29, 1.82) is 0 Å². The normalized spacial score (nSPS) is 10.2. The number of anilines is 3. The Morgan fingerprint density at radius 2 is 1.32 bits per heavy atom. The Balaban J connectivity index is 1.55. The number of rotatable bonds is 5. The first-order chi connectivity index (χ1) is 13.5. The molecular weight excluding hydrogens is 381 g/mol. The third kappa shape index (κ3) is 5.31. The van der Waals surface area contributed by atoms with Gasteiger partial charge in [0.1, 0.15) is 5.82 Å². The van der Waals surface area contributed by atoms with E-state index in [4.69, 9.17) is 11.6 Å². The first-order valence-corrected chi connectivity index (χ1v) is 8.85. The molecule has 0 aliphatic heterocycles. The van der Waals surface area contributed by atoms with E-state index in [0.717, 1.165) is 0 Å². The zero-order valence-electron chi connectivity index (χ0n) is 14.7. The Labute approximate surface area is 166 Å². The van der Waals surface area contributed by atoms with Crippen molar-refractivity contribution in [3.8, 4) is 0 Å². The maximum absolute atomic E-state index is 13.8. The predicted molar refractivity (Wildman–Crippen MR) is 109 cm³/mol. The largest absolute Gasteiger partial charge is 0.326 e. The van der Waals surface area contributed by atoms with Crippen LogP contribution in [0.5, 0.6) is 0 Å². The van der Waals surface area contributed by atoms with Crippen LogP contribution in [0.4, 0.5) is 26.2 Å². The number of nitrogens with one attached hydrogen (secondary N) is 3. The molecular formula is C21H17ClFN3O2. The number of urea groups is 1. The second-order valence-corrected chi connectivity index (χ2v) is 6.35. The fraction of sp³-hybridized carbons (Fsp3) is 0.0476. The molecule has 0 saturated heterocycles. The maximum atomic E-state index is 13.8. The number of carbonyl (C=O) groups excluding carboxylic acids is 2. The van der Waals surface area contributed by atoms with Crippen molar-refractivity contribution < 1.29 is 14.0 Å². The van der Waals surface area contributed by atoms with Crippen LogP contribution >= 0.6 is 11.6 Å². The van der Waals surface area contributed by atoms with Crippen LogP contribution in [0.1, 0.15) is 5.56 Å². The third-order valence-electron chi connectivity index (χ3n) is 3.86. The molecule has 0 atom stereocenters. The second-order valence-electron chi connectivity index (χ2n) is 5.95. The van der Waals surface area contributed by atoms with Gasteiger partial charge in [-0.3, -0.25) is 4.79 Å². The van der Waals surface area contributed by atoms with Crippen LogP contribution in [-0.4, -0.2) is 11.9 Å². The van der Waals surface area contributed by atoms with E-state index in [1.165, 1.54) is 18.2 Å². The molecule has 7 heteroatoms. The minimum absolute atomic E-state index is 0.150. The fourth-order valence-corrected chi connectivity index (χ4v) is 2.75. The van der Waals surface area contributed by atoms with Gasteiger partial charge in [0, 0.05) is 27.6 Å². The summed E-state index contributed by atoms with van der Waals surface area (Å²) in [6.07, 6.45) is -0.176. The smallest absolute Gasteiger partial charge is 0.323 e. The predicted octanol–water partition coefficient (Wildman–Crippen LogP) is 5.30. The molecule has 3 aromatic rings. The lowest BCUT2D eigenvalue weighted by atomic mass is 10.1. The molecule has 3 rings (SSSR count). The number of halogens is 2. The van der Waals surface area contributed by atoms with Gasteiger partial charge in [0.15, 0.2) is 0 Å². The van der Waals surface area contributed by atoms with Gasteiger partial charge in [-0.05, 0) is 48.5 Å². The lowest BCUT2D eigenvalue weighted by molar-refractivity contribution is -0.115. The van der Waals surface area contributed by atoms with Gasteiger partial charge in [-0.2, -0.15) is 0 Å². The first-order valence-electron chi connectivity index (χ1n) is 8.47. The van der Waals surface area contributed by atoms with Crippen molar-refractivity contribution in [2.45, 2.75) is 6.42 Å². The molecule has 0 aliphatic carbocycles. The van der Waals surface area contributed by atoms with Crippen LogP contribution in [0.2, 0.25) is 5.02 Å². The third-order valence-corrected chi connectivity index (χ3v) is 4.21. The molecule has 0 aliphatic rings. The molecule has 0 heterocycles. The molecule has 0 radical (unpaired) electrons. The van der Waals surface area contributed by atoms with Gasteiger partial charge in [-0.1, -0.05) is 35.9 Å². The van der Waals surface area contributed by atoms with E-state index >= 15 is 0 Å². The van der Waals surface area contributed by atoms with Crippen LogP contribution in [0.3, 0.4) is 0 Å². The molecule has 3 amide bonds. The quantitative estimate of drug-likeness (QED) is 0.546. The topological polar surface area (TPSA) is 70.2 Å². The van der Waals surface area contributed by atoms with Crippen molar-refractivity contribution in [2.75, 3.05) is 16.0 Å². The monoisotopic (exact) mass is 397 g/mol. The summed E-state index contributed by atoms with van der Waals surface area (Å²) in [5.41, 5.74) is 1.91. The Bertz CT molecular complexity index is 958. The minimum Gasteiger partial charge on any atom is -0.326 e. The maximum Gasteiger partial charge on any atom is 0.323 e. The van der Waals surface area contributed by atoms with Gasteiger partial charge in [-0.25, -0.2) is 9.18 Å². The van der Waals surface area contributed by atoms with Crippen LogP contribution in [-0.2, 0) is 11.2 Å². The Morgan fingerprint density at radius 3 is 1.93 bits per heavy atom. The van der Waals surface area contributed by atoms with Gasteiger partial charge in [0.25, 0.3) is 0 Å². The summed E-state index contributed by atoms with van der Waals surface area (Å²) in [6, 6.07) is 19.5. The molecule has 5 nitrogen and oxygen atoms in total. The van der Waals surface area contributed by atoms with Crippen LogP contribution in [0, 0.1) is 5.82 Å². The second kappa shape index (κ2) is 9.01. The highest BCUT2D eigenvalue weighted by molar-refractivity contribution is 6.31. The fourth-order valence-electron chi connectivity index (χ4n) is 2.52. The zero-order chi connectivity index (χ0) is 19.9. The van der Waals surface area contributed by atoms with E-state index < -0.39 is 11.7 Å². The molecule has 0 aromatic heterocycles. The molecule has 0 fully saturated rings. The molecule has 0 bridgehead atoms. The van der Waals surface area contributed by atoms with Crippen LogP contribution in [0.25, 0.3) is 0 Å². The van der Waals surface area contributed by atoms with Crippen LogP contribution in [0.15, 0.2) is 72.8 Å². The Morgan fingerprint density at radius 1 is 0.750 bits per heavy atom. The minimum atomic E-state index is -0.522. The summed E-state index contributed by atoms with van der Waals surface area (Å²) < 4.78 is 13.8. The van der Waals surface area contributed by atoms with Gasteiger partial charge < -0.3 is 16.0 Å². The highest BCUT2D eigenvalue weighted by Crippen LogP contribution is 2.20. The first kappa shape index (κ1) is 19.4. The van der Waals surface area contributed by atoms with E-state index in [0.29, 0.717) is 17.1 Å². The van der Waals surface area contributed by atoms with Gasteiger partial charge in [0.2, 0.25) is 5.91 Å². The Hall–Kier alpha value is -3.38. The van der Waals surface area contributed by atoms with E-state index in [-0.39, 0.29) is 23.0 Å². The molecule has 0 spiro atoms. The van der Waals surface area contributed by atoms with E-state index in [2.05, 4.69) is 16.0 Å². The number of hydrogen-bond donors (Lipinski definition) is 3. The molecule has 3 aromatic carbocycles. The summed E-state index contributed by atoms with van der Waals surface area (Å²) in [5, 5.41) is 8.28. The van der Waals surface area contributed by atoms with Crippen LogP contribution < -0.4 is 16.0 Å². The summed E-state index contributed by atoms with van der Waals surface area (Å²) >= 11 is 5.94. The van der Waals surface area contributed by atoms with Crippen molar-refractivity contribution in [1.82, 2.24) is 0 Å². The number of para-hydroxylation sites is 1. The van der Waals surface area contributed by atoms with Crippen molar-refractivity contribution in [3.63, 3.8) is 0 Å². The SMILES string of the molecule is O=C(Cc1c(F)cccc1Cl)Nc1ccc(NC(=O)Nc2ccccc2)cc1. The summed E-state index contributed by atoms with van der Waals surface area (Å²) in [5.74, 6) is -0.916. The highest BCUT2D eigenvalue weighted by atomic mass is 35.5. The molecule has 28 heavy (non-hydrogen) atoms. The molecule has 3 N–H and O–H groups in total. The molecule has 0 saturated carbocycles. The molecule has 142 valence electrons. The molecule has 0 unspecified atom stereocenters. The summed E-state index contributed by atoms with van der Waals surface area (Å²) in [7, 11) is 0. The average Bonchev–Trinajstić information content (AvgIpc) is 2.67. The summed E-state index contributed by atoms with van der Waals surface area (Å²) in [4.78, 5) is 24.1. The van der Waals surface area contributed by atoms with Crippen molar-refractivity contribution in [3.05, 3.63) is 89.2 Å². The van der Waals surface area contributed by atoms with Gasteiger partial charge >= 0.3 is 6.03 Å². The van der Waals surface area contributed by atoms with E-state index in [1.54, 1.807) is 36.4 Å². The number of benzene rings is 3. The standard InChI is InChI=1S/C21H17ClFN3O2/c22-18-7-4-8-19(23)17(18)13-20(27)24-15-9-11-16(12-10-15)26-21(28)25-14-5-2-1-3-6-14/h1-12H,13H2,(H,24,27)(H2,25,26,28). The van der Waals surface area contributed by atoms with E-state index in [9.17, 15) is 14.0 Å². The highest BCUT2D eigenvalue weighted by Gasteiger charge is 2.12. The van der Waals surface area contributed by atoms with Crippen molar-refractivity contribution in [2.24, 2.45) is 0 Å². The Kier molecular flexibility index (Phi) is 6.24. The summed E-state index contributed by atoms with van der Waals surface area (Å²) in [6.45, 7) is 0. The lowest BCUT2D eigenvalue weighted by Gasteiger charge is -2.10. The van der Waals surface area contributed by atoms with Gasteiger partial charge in [-0.15, -0.1) is 0 Å². The number of carbonyl (C=O) groups is 2. The van der Waals surface area contributed by atoms with Gasteiger partial charge in [0.05, 0.1) is 6.42 Å². The number of amides is 3. The van der Waals surface area contributed by atoms with E-state index in [1.807, 2.05) is 18.2 Å². The lowest BCUT2D eigenvalue weighted by Crippen LogP contribution is -2.19. The zero-order valence-corrected chi connectivity index (χ0v) is 15.5.